The van der Waals surface area contributed by atoms with Crippen LogP contribution in [0.4, 0.5) is 5.69 Å². The third-order valence-corrected chi connectivity index (χ3v) is 7.03. The number of carbonyl (C=O) groups is 1. The van der Waals surface area contributed by atoms with Gasteiger partial charge < -0.3 is 4.90 Å². The van der Waals surface area contributed by atoms with Crippen molar-refractivity contribution in [1.82, 2.24) is 19.2 Å². The molecule has 5 rings (SSSR count). The number of nitrogens with zero attached hydrogens (tertiary/aromatic N) is 5. The van der Waals surface area contributed by atoms with Gasteiger partial charge in [-0.3, -0.25) is 18.6 Å². The van der Waals surface area contributed by atoms with Crippen LogP contribution in [-0.4, -0.2) is 36.4 Å². The van der Waals surface area contributed by atoms with Crippen molar-refractivity contribution >= 4 is 40.0 Å². The summed E-state index contributed by atoms with van der Waals surface area (Å²) < 4.78 is 3.58. The van der Waals surface area contributed by atoms with Gasteiger partial charge in [-0.15, -0.1) is 10.2 Å². The van der Waals surface area contributed by atoms with Crippen molar-refractivity contribution in [3.63, 3.8) is 0 Å². The highest BCUT2D eigenvalue weighted by Gasteiger charge is 2.34. The normalized spacial score (nSPS) is 16.6. The second-order valence-corrected chi connectivity index (χ2v) is 9.55. The molecule has 32 heavy (non-hydrogen) atoms. The molecule has 0 bridgehead atoms. The number of thioether (sulfide) groups is 1. The lowest BCUT2D eigenvalue weighted by molar-refractivity contribution is -0.118. The molecular formula is C24H25N5O2S. The summed E-state index contributed by atoms with van der Waals surface area (Å²) in [5.74, 6) is 0.563. The van der Waals surface area contributed by atoms with Crippen LogP contribution < -0.4 is 10.5 Å². The van der Waals surface area contributed by atoms with Crippen molar-refractivity contribution in [3.8, 4) is 0 Å². The zero-order valence-electron chi connectivity index (χ0n) is 18.4. The Morgan fingerprint density at radius 3 is 2.72 bits per heavy atom. The van der Waals surface area contributed by atoms with Gasteiger partial charge in [0.15, 0.2) is 5.16 Å². The van der Waals surface area contributed by atoms with Crippen molar-refractivity contribution in [1.29, 1.82) is 0 Å². The Bertz CT molecular complexity index is 1390. The maximum absolute atomic E-state index is 13.5. The van der Waals surface area contributed by atoms with Gasteiger partial charge in [0, 0.05) is 18.3 Å². The predicted molar refractivity (Wildman–Crippen MR) is 127 cm³/mol. The number of aryl methyl sites for hydroxylation is 1. The number of hydrogen-bond acceptors (Lipinski definition) is 5. The van der Waals surface area contributed by atoms with Crippen molar-refractivity contribution in [2.24, 2.45) is 0 Å². The SMILES string of the molecule is CCCn1c(=O)c2ccccc2n2c(SC(C)C(=O)N3c4ccccc4CC3C)nnc12. The number of para-hydroxylation sites is 2. The summed E-state index contributed by atoms with van der Waals surface area (Å²) in [6, 6.07) is 15.7. The summed E-state index contributed by atoms with van der Waals surface area (Å²) in [6.07, 6.45) is 1.67. The van der Waals surface area contributed by atoms with E-state index in [0.29, 0.717) is 22.9 Å². The van der Waals surface area contributed by atoms with E-state index >= 15 is 0 Å². The van der Waals surface area contributed by atoms with Crippen molar-refractivity contribution in [3.05, 3.63) is 64.4 Å². The number of fused-ring (bicyclic) bond motifs is 4. The Labute approximate surface area is 190 Å². The molecule has 2 aromatic carbocycles. The molecule has 0 N–H and O–H groups in total. The smallest absolute Gasteiger partial charge is 0.262 e. The van der Waals surface area contributed by atoms with E-state index in [1.807, 2.05) is 65.6 Å². The summed E-state index contributed by atoms with van der Waals surface area (Å²) in [7, 11) is 0. The van der Waals surface area contributed by atoms with Crippen molar-refractivity contribution < 1.29 is 4.79 Å². The fourth-order valence-corrected chi connectivity index (χ4v) is 5.44. The maximum atomic E-state index is 13.5. The molecule has 4 aromatic rings. The lowest BCUT2D eigenvalue weighted by atomic mass is 10.1. The summed E-state index contributed by atoms with van der Waals surface area (Å²) in [5.41, 5.74) is 2.89. The van der Waals surface area contributed by atoms with Gasteiger partial charge in [-0.25, -0.2) is 0 Å². The summed E-state index contributed by atoms with van der Waals surface area (Å²) in [6.45, 7) is 6.58. The molecule has 3 heterocycles. The summed E-state index contributed by atoms with van der Waals surface area (Å²) in [4.78, 5) is 28.4. The van der Waals surface area contributed by atoms with Gasteiger partial charge in [0.05, 0.1) is 16.2 Å². The number of anilines is 1. The van der Waals surface area contributed by atoms with Crippen LogP contribution in [0.25, 0.3) is 16.7 Å². The first-order valence-corrected chi connectivity index (χ1v) is 11.8. The minimum absolute atomic E-state index is 0.0513. The molecule has 0 saturated carbocycles. The molecule has 0 spiro atoms. The van der Waals surface area contributed by atoms with Crippen LogP contribution >= 0.6 is 11.8 Å². The van der Waals surface area contributed by atoms with Gasteiger partial charge in [-0.1, -0.05) is 49.0 Å². The molecule has 0 aliphatic carbocycles. The largest absolute Gasteiger partial charge is 0.308 e. The third-order valence-electron chi connectivity index (χ3n) is 6.00. The molecule has 2 atom stereocenters. The number of carbonyl (C=O) groups excluding carboxylic acids is 1. The molecule has 1 aliphatic heterocycles. The van der Waals surface area contributed by atoms with Crippen molar-refractivity contribution in [2.45, 2.75) is 56.6 Å². The van der Waals surface area contributed by atoms with E-state index in [2.05, 4.69) is 23.2 Å². The fourth-order valence-electron chi connectivity index (χ4n) is 4.54. The van der Waals surface area contributed by atoms with Crippen LogP contribution in [0, 0.1) is 0 Å². The van der Waals surface area contributed by atoms with Crippen LogP contribution in [0.5, 0.6) is 0 Å². The lowest BCUT2D eigenvalue weighted by Crippen LogP contribution is -2.40. The van der Waals surface area contributed by atoms with E-state index < -0.39 is 0 Å². The standard InChI is InChI=1S/C24H25N5O2S/c1-4-13-27-22(31)18-10-6-8-12-20(18)29-23(27)25-26-24(29)32-16(3)21(30)28-15(2)14-17-9-5-7-11-19(17)28/h5-12,15-16H,4,13-14H2,1-3H3. The first kappa shape index (κ1) is 20.8. The van der Waals surface area contributed by atoms with Gasteiger partial charge in [0.25, 0.3) is 5.56 Å². The zero-order chi connectivity index (χ0) is 22.4. The molecule has 0 saturated heterocycles. The molecule has 0 fully saturated rings. The minimum atomic E-state index is -0.360. The Morgan fingerprint density at radius 1 is 1.16 bits per heavy atom. The number of aromatic nitrogens is 4. The maximum Gasteiger partial charge on any atom is 0.262 e. The van der Waals surface area contributed by atoms with Crippen LogP contribution in [-0.2, 0) is 17.8 Å². The number of hydrogen-bond donors (Lipinski definition) is 0. The second-order valence-electron chi connectivity index (χ2n) is 8.24. The van der Waals surface area contributed by atoms with Gasteiger partial charge in [0.1, 0.15) is 0 Å². The number of benzene rings is 2. The highest BCUT2D eigenvalue weighted by molar-refractivity contribution is 8.00. The van der Waals surface area contributed by atoms with Gasteiger partial charge >= 0.3 is 0 Å². The van der Waals surface area contributed by atoms with E-state index in [1.165, 1.54) is 17.3 Å². The van der Waals surface area contributed by atoms with Crippen LogP contribution in [0.1, 0.15) is 32.8 Å². The average Bonchev–Trinajstić information content (AvgIpc) is 3.36. The highest BCUT2D eigenvalue weighted by Crippen LogP contribution is 2.35. The first-order valence-electron chi connectivity index (χ1n) is 11.0. The van der Waals surface area contributed by atoms with Gasteiger partial charge in [-0.05, 0) is 50.5 Å². The molecule has 2 aromatic heterocycles. The molecule has 8 heteroatoms. The van der Waals surface area contributed by atoms with Crippen molar-refractivity contribution in [2.75, 3.05) is 4.90 Å². The van der Waals surface area contributed by atoms with Gasteiger partial charge in [-0.2, -0.15) is 0 Å². The Hall–Kier alpha value is -3.13. The molecule has 0 radical (unpaired) electrons. The van der Waals surface area contributed by atoms with E-state index in [-0.39, 0.29) is 22.8 Å². The molecule has 7 nitrogen and oxygen atoms in total. The van der Waals surface area contributed by atoms with E-state index in [9.17, 15) is 9.59 Å². The van der Waals surface area contributed by atoms with Crippen LogP contribution in [0.3, 0.4) is 0 Å². The first-order chi connectivity index (χ1) is 15.5. The number of rotatable bonds is 5. The van der Waals surface area contributed by atoms with Crippen LogP contribution in [0.2, 0.25) is 0 Å². The molecule has 2 unspecified atom stereocenters. The van der Waals surface area contributed by atoms with E-state index in [1.54, 1.807) is 4.57 Å². The highest BCUT2D eigenvalue weighted by atomic mass is 32.2. The molecule has 1 amide bonds. The second kappa shape index (κ2) is 8.09. The zero-order valence-corrected chi connectivity index (χ0v) is 19.2. The molecule has 1 aliphatic rings. The summed E-state index contributed by atoms with van der Waals surface area (Å²) >= 11 is 1.38. The lowest BCUT2D eigenvalue weighted by Gasteiger charge is -2.25. The van der Waals surface area contributed by atoms with E-state index in [0.717, 1.165) is 24.0 Å². The minimum Gasteiger partial charge on any atom is -0.308 e. The third kappa shape index (κ3) is 3.21. The van der Waals surface area contributed by atoms with Gasteiger partial charge in [0.2, 0.25) is 11.7 Å². The summed E-state index contributed by atoms with van der Waals surface area (Å²) in [5, 5.41) is 9.60. The molecule has 164 valence electrons. The Morgan fingerprint density at radius 2 is 1.91 bits per heavy atom. The Balaban J connectivity index is 1.55. The Kier molecular flexibility index (Phi) is 5.25. The monoisotopic (exact) mass is 447 g/mol. The van der Waals surface area contributed by atoms with Crippen LogP contribution in [0.15, 0.2) is 58.5 Å². The fraction of sp³-hybridized carbons (Fsp3) is 0.333. The topological polar surface area (TPSA) is 72.5 Å². The quantitative estimate of drug-likeness (QED) is 0.434. The van der Waals surface area contributed by atoms with E-state index in [4.69, 9.17) is 0 Å². The average molecular weight is 448 g/mol. The number of amides is 1. The predicted octanol–water partition coefficient (Wildman–Crippen LogP) is 3.91. The molecular weight excluding hydrogens is 422 g/mol.